The average Bonchev–Trinajstić information content (AvgIpc) is 2.68. The van der Waals surface area contributed by atoms with Crippen LogP contribution in [0.1, 0.15) is 11.1 Å². The lowest BCUT2D eigenvalue weighted by Gasteiger charge is -2.32. The molecule has 0 saturated carbocycles. The van der Waals surface area contributed by atoms with Crippen LogP contribution < -0.4 is 17.1 Å². The highest BCUT2D eigenvalue weighted by molar-refractivity contribution is 6.30. The lowest BCUT2D eigenvalue weighted by Crippen LogP contribution is -3.00. The Bertz CT molecular complexity index is 754. The van der Waals surface area contributed by atoms with Crippen LogP contribution in [-0.4, -0.2) is 49.4 Å². The summed E-state index contributed by atoms with van der Waals surface area (Å²) in [4.78, 5) is 2.44. The second-order valence-electron chi connectivity index (χ2n) is 6.22. The zero-order valence-corrected chi connectivity index (χ0v) is 16.9. The summed E-state index contributed by atoms with van der Waals surface area (Å²) in [6.07, 6.45) is 5.82. The maximum Gasteiger partial charge on any atom is 0.126 e. The van der Waals surface area contributed by atoms with Crippen molar-refractivity contribution in [1.29, 1.82) is 0 Å². The summed E-state index contributed by atoms with van der Waals surface area (Å²) in [5.41, 5.74) is 2.35. The summed E-state index contributed by atoms with van der Waals surface area (Å²) < 4.78 is 5.34. The number of hydrogen-bond donors (Lipinski definition) is 0. The Labute approximate surface area is 172 Å². The third-order valence-electron chi connectivity index (χ3n) is 4.40. The minimum atomic E-state index is 0. The third kappa shape index (κ3) is 6.58. The van der Waals surface area contributed by atoms with Crippen LogP contribution in [0.5, 0.6) is 5.75 Å². The predicted octanol–water partition coefficient (Wildman–Crippen LogP) is 1.17. The molecule has 0 aromatic heterocycles. The maximum atomic E-state index is 5.94. The number of para-hydroxylation sites is 1. The van der Waals surface area contributed by atoms with Gasteiger partial charge in [0, 0.05) is 49.5 Å². The number of ether oxygens (including phenoxy) is 1. The number of piperazine rings is 1. The van der Waals surface area contributed by atoms with Gasteiger partial charge in [-0.3, -0.25) is 9.91 Å². The zero-order chi connectivity index (χ0) is 18.2. The Hall–Kier alpha value is -2.01. The van der Waals surface area contributed by atoms with Crippen molar-refractivity contribution in [3.05, 3.63) is 70.8 Å². The molecule has 0 radical (unpaired) electrons. The Morgan fingerprint density at radius 2 is 1.74 bits per heavy atom. The highest BCUT2D eigenvalue weighted by Gasteiger charge is 2.15. The van der Waals surface area contributed by atoms with Crippen LogP contribution in [0.2, 0.25) is 5.02 Å². The molecule has 1 aliphatic heterocycles. The fraction of sp³-hybridized carbons (Fsp3) is 0.286. The molecule has 0 atom stereocenters. The predicted molar refractivity (Wildman–Crippen MR) is 109 cm³/mol. The summed E-state index contributed by atoms with van der Waals surface area (Å²) in [7, 11) is 1.68. The Kier molecular flexibility index (Phi) is 8.65. The fourth-order valence-electron chi connectivity index (χ4n) is 2.94. The second-order valence-corrected chi connectivity index (χ2v) is 6.66. The van der Waals surface area contributed by atoms with Crippen molar-refractivity contribution in [1.82, 2.24) is 9.91 Å². The molecule has 1 saturated heterocycles. The van der Waals surface area contributed by atoms with Gasteiger partial charge in [0.2, 0.25) is 0 Å². The van der Waals surface area contributed by atoms with Crippen LogP contribution in [0.4, 0.5) is 0 Å². The first-order valence-corrected chi connectivity index (χ1v) is 9.18. The summed E-state index contributed by atoms with van der Waals surface area (Å²) in [6.45, 7) is 4.86. The van der Waals surface area contributed by atoms with Crippen LogP contribution in [0.15, 0.2) is 59.7 Å². The van der Waals surface area contributed by atoms with Crippen molar-refractivity contribution >= 4 is 23.9 Å². The molecule has 0 N–H and O–H groups in total. The number of hydrazone groups is 1. The van der Waals surface area contributed by atoms with Crippen molar-refractivity contribution in [3.63, 3.8) is 0 Å². The fourth-order valence-corrected chi connectivity index (χ4v) is 3.07. The van der Waals surface area contributed by atoms with Gasteiger partial charge >= 0.3 is 0 Å². The van der Waals surface area contributed by atoms with E-state index in [1.807, 2.05) is 54.8 Å². The summed E-state index contributed by atoms with van der Waals surface area (Å²) >= 11 is 5.94. The molecule has 1 aliphatic rings. The van der Waals surface area contributed by atoms with Crippen molar-refractivity contribution < 1.29 is 17.1 Å². The van der Waals surface area contributed by atoms with E-state index in [-0.39, 0.29) is 12.4 Å². The zero-order valence-electron chi connectivity index (χ0n) is 15.4. The minimum absolute atomic E-state index is 0. The molecular weight excluding hydrogens is 381 g/mol. The van der Waals surface area contributed by atoms with Gasteiger partial charge in [-0.15, -0.1) is 0 Å². The number of hydrogen-bond acceptors (Lipinski definition) is 4. The van der Waals surface area contributed by atoms with Crippen molar-refractivity contribution in [2.45, 2.75) is 6.54 Å². The molecule has 1 heterocycles. The monoisotopic (exact) mass is 404 g/mol. The van der Waals surface area contributed by atoms with Crippen LogP contribution in [0.25, 0.3) is 6.08 Å². The highest BCUT2D eigenvalue weighted by atomic mass is 35.5. The minimum Gasteiger partial charge on any atom is -1.00 e. The first-order chi connectivity index (χ1) is 12.7. The number of nitrogens with zero attached hydrogens (tertiary/aromatic N) is 3. The lowest BCUT2D eigenvalue weighted by molar-refractivity contribution is -0.00000544. The summed E-state index contributed by atoms with van der Waals surface area (Å²) in [5, 5.41) is 7.45. The molecule has 0 bridgehead atoms. The normalized spacial score (nSPS) is 15.3. The molecule has 4 nitrogen and oxygen atoms in total. The van der Waals surface area contributed by atoms with E-state index in [0.717, 1.165) is 49.1 Å². The van der Waals surface area contributed by atoms with E-state index in [2.05, 4.69) is 27.1 Å². The van der Waals surface area contributed by atoms with Gasteiger partial charge in [0.15, 0.2) is 0 Å². The van der Waals surface area contributed by atoms with E-state index in [0.29, 0.717) is 0 Å². The molecule has 0 spiro atoms. The van der Waals surface area contributed by atoms with Gasteiger partial charge in [0.05, 0.1) is 7.11 Å². The van der Waals surface area contributed by atoms with Crippen molar-refractivity contribution in [3.8, 4) is 5.75 Å². The Morgan fingerprint density at radius 3 is 2.44 bits per heavy atom. The van der Waals surface area contributed by atoms with Crippen molar-refractivity contribution in [2.75, 3.05) is 33.3 Å². The Balaban J connectivity index is 0.00000261. The molecule has 144 valence electrons. The molecular formula is C21H24Cl2N3O-. The molecule has 0 amide bonds. The molecule has 3 rings (SSSR count). The SMILES string of the molecule is COc1ccccc1/C=C/C=NN1CCN(Cc2ccc(Cl)cc2)CC1.[Cl-]. The van der Waals surface area contributed by atoms with Crippen LogP contribution in [-0.2, 0) is 6.54 Å². The van der Waals surface area contributed by atoms with E-state index in [9.17, 15) is 0 Å². The van der Waals surface area contributed by atoms with E-state index >= 15 is 0 Å². The molecule has 27 heavy (non-hydrogen) atoms. The Morgan fingerprint density at radius 1 is 1.04 bits per heavy atom. The van der Waals surface area contributed by atoms with E-state index in [1.54, 1.807) is 7.11 Å². The third-order valence-corrected chi connectivity index (χ3v) is 4.65. The van der Waals surface area contributed by atoms with Crippen molar-refractivity contribution in [2.24, 2.45) is 5.10 Å². The smallest absolute Gasteiger partial charge is 0.126 e. The van der Waals surface area contributed by atoms with Gasteiger partial charge in [-0.05, 0) is 35.9 Å². The van der Waals surface area contributed by atoms with Gasteiger partial charge in [-0.1, -0.05) is 41.9 Å². The quantitative estimate of drug-likeness (QED) is 0.676. The lowest BCUT2D eigenvalue weighted by atomic mass is 10.2. The molecule has 2 aromatic rings. The van der Waals surface area contributed by atoms with Gasteiger partial charge in [0.25, 0.3) is 0 Å². The standard InChI is InChI=1S/C21H24ClN3O.ClH/c1-26-21-7-3-2-5-19(21)6-4-12-23-25-15-13-24(14-16-25)17-18-8-10-20(22)11-9-18;/h2-12H,13-17H2,1H3;1H/p-1/b6-4+,23-12?;. The van der Waals surface area contributed by atoms with Crippen LogP contribution >= 0.6 is 11.6 Å². The molecule has 2 aromatic carbocycles. The van der Waals surface area contributed by atoms with Gasteiger partial charge in [-0.25, -0.2) is 0 Å². The number of allylic oxidation sites excluding steroid dienone is 1. The first-order valence-electron chi connectivity index (χ1n) is 8.80. The number of benzene rings is 2. The molecule has 6 heteroatoms. The molecule has 0 unspecified atom stereocenters. The molecule has 1 fully saturated rings. The van der Waals surface area contributed by atoms with Gasteiger partial charge in [0.1, 0.15) is 5.75 Å². The number of halogens is 2. The van der Waals surface area contributed by atoms with E-state index in [1.165, 1.54) is 5.56 Å². The number of methoxy groups -OCH3 is 1. The topological polar surface area (TPSA) is 28.1 Å². The second kappa shape index (κ2) is 11.0. The molecule has 0 aliphatic carbocycles. The largest absolute Gasteiger partial charge is 1.00 e. The van der Waals surface area contributed by atoms with E-state index < -0.39 is 0 Å². The van der Waals surface area contributed by atoms with Gasteiger partial charge < -0.3 is 17.1 Å². The van der Waals surface area contributed by atoms with Crippen LogP contribution in [0.3, 0.4) is 0 Å². The summed E-state index contributed by atoms with van der Waals surface area (Å²) in [5.74, 6) is 0.868. The average molecular weight is 405 g/mol. The number of rotatable bonds is 6. The van der Waals surface area contributed by atoms with Crippen LogP contribution in [0, 0.1) is 0 Å². The summed E-state index contributed by atoms with van der Waals surface area (Å²) in [6, 6.07) is 16.0. The first kappa shape index (κ1) is 21.3. The maximum absolute atomic E-state index is 5.94. The van der Waals surface area contributed by atoms with Gasteiger partial charge in [-0.2, -0.15) is 5.10 Å². The highest BCUT2D eigenvalue weighted by Crippen LogP contribution is 2.18. The van der Waals surface area contributed by atoms with E-state index in [4.69, 9.17) is 16.3 Å².